The second-order valence-corrected chi connectivity index (χ2v) is 15.9. The summed E-state index contributed by atoms with van der Waals surface area (Å²) in [6.45, 7) is 11.0. The second kappa shape index (κ2) is 17.9. The van der Waals surface area contributed by atoms with Crippen LogP contribution in [0.2, 0.25) is 0 Å². The van der Waals surface area contributed by atoms with E-state index in [0.29, 0.717) is 37.2 Å². The SMILES string of the molecule is CC(=O)NCCCCCC(=O)Nc1cccc([C@H]2O[C@@H](CN3[C@@H](C(=O)NC(C)(C)C)CC[C@H]4CCCC[C@H]43)[C@@H](C)[C@@H](c3ccc(CO)cc3)O2)c1. The van der Waals surface area contributed by atoms with Gasteiger partial charge in [-0.3, -0.25) is 19.3 Å². The topological polar surface area (TPSA) is 129 Å². The lowest BCUT2D eigenvalue weighted by atomic mass is 9.75. The molecule has 2 saturated heterocycles. The Bertz CT molecular complexity index is 1460. The van der Waals surface area contributed by atoms with Gasteiger partial charge in [0, 0.05) is 55.2 Å². The first-order valence-electron chi connectivity index (χ1n) is 19.1. The van der Waals surface area contributed by atoms with Gasteiger partial charge in [-0.05, 0) is 88.5 Å². The molecule has 51 heavy (non-hydrogen) atoms. The Morgan fingerprint density at radius 2 is 1.69 bits per heavy atom. The second-order valence-electron chi connectivity index (χ2n) is 15.9. The highest BCUT2D eigenvalue weighted by Crippen LogP contribution is 2.44. The van der Waals surface area contributed by atoms with Gasteiger partial charge in [0.1, 0.15) is 0 Å². The molecule has 10 nitrogen and oxygen atoms in total. The number of aliphatic hydroxyl groups excluding tert-OH is 1. The first-order valence-corrected chi connectivity index (χ1v) is 19.1. The van der Waals surface area contributed by atoms with Gasteiger partial charge in [-0.15, -0.1) is 0 Å². The molecule has 3 aliphatic rings. The van der Waals surface area contributed by atoms with Gasteiger partial charge in [-0.25, -0.2) is 0 Å². The zero-order valence-corrected chi connectivity index (χ0v) is 31.3. The van der Waals surface area contributed by atoms with Crippen LogP contribution in [0, 0.1) is 11.8 Å². The van der Waals surface area contributed by atoms with E-state index in [4.69, 9.17) is 9.47 Å². The van der Waals surface area contributed by atoms with Crippen molar-refractivity contribution in [2.24, 2.45) is 11.8 Å². The quantitative estimate of drug-likeness (QED) is 0.174. The predicted molar refractivity (Wildman–Crippen MR) is 199 cm³/mol. The Morgan fingerprint density at radius 1 is 0.922 bits per heavy atom. The summed E-state index contributed by atoms with van der Waals surface area (Å²) in [6.07, 6.45) is 8.26. The van der Waals surface area contributed by atoms with Gasteiger partial charge in [0.05, 0.1) is 24.9 Å². The van der Waals surface area contributed by atoms with Crippen LogP contribution < -0.4 is 16.0 Å². The number of carbonyl (C=O) groups excluding carboxylic acids is 3. The summed E-state index contributed by atoms with van der Waals surface area (Å²) in [5, 5.41) is 18.8. The molecule has 0 radical (unpaired) electrons. The normalized spacial score (nSPS) is 26.9. The molecule has 2 heterocycles. The van der Waals surface area contributed by atoms with Crippen molar-refractivity contribution >= 4 is 23.4 Å². The highest BCUT2D eigenvalue weighted by Gasteiger charge is 2.46. The number of hydrogen-bond acceptors (Lipinski definition) is 7. The zero-order valence-electron chi connectivity index (χ0n) is 31.3. The monoisotopic (exact) mass is 704 g/mol. The van der Waals surface area contributed by atoms with Crippen LogP contribution in [0.25, 0.3) is 0 Å². The fourth-order valence-corrected chi connectivity index (χ4v) is 8.10. The van der Waals surface area contributed by atoms with E-state index in [2.05, 4.69) is 27.8 Å². The highest BCUT2D eigenvalue weighted by molar-refractivity contribution is 5.90. The molecule has 3 fully saturated rings. The van der Waals surface area contributed by atoms with Crippen molar-refractivity contribution in [3.05, 3.63) is 65.2 Å². The average Bonchev–Trinajstić information content (AvgIpc) is 3.10. The minimum Gasteiger partial charge on any atom is -0.392 e. The summed E-state index contributed by atoms with van der Waals surface area (Å²) < 4.78 is 13.7. The maximum Gasteiger partial charge on any atom is 0.237 e. The number of aliphatic hydroxyl groups is 1. The number of unbranched alkanes of at least 4 members (excludes halogenated alkanes) is 2. The van der Waals surface area contributed by atoms with Crippen LogP contribution in [0.1, 0.15) is 128 Å². The van der Waals surface area contributed by atoms with E-state index < -0.39 is 6.29 Å². The van der Waals surface area contributed by atoms with Gasteiger partial charge in [0.25, 0.3) is 0 Å². The van der Waals surface area contributed by atoms with E-state index in [1.807, 2.05) is 69.3 Å². The molecule has 2 aromatic carbocycles. The molecule has 0 spiro atoms. The molecule has 280 valence electrons. The third-order valence-electron chi connectivity index (χ3n) is 10.7. The largest absolute Gasteiger partial charge is 0.392 e. The van der Waals surface area contributed by atoms with E-state index in [1.165, 1.54) is 26.2 Å². The number of nitrogens with one attached hydrogen (secondary N) is 3. The van der Waals surface area contributed by atoms with Gasteiger partial charge in [-0.2, -0.15) is 0 Å². The van der Waals surface area contributed by atoms with Gasteiger partial charge in [-0.1, -0.05) is 62.6 Å². The van der Waals surface area contributed by atoms with Crippen LogP contribution >= 0.6 is 0 Å². The van der Waals surface area contributed by atoms with Crippen LogP contribution in [-0.2, 0) is 30.5 Å². The Labute approximate surface area is 304 Å². The molecule has 2 aromatic rings. The molecule has 0 bridgehead atoms. The Hall–Kier alpha value is -3.31. The minimum atomic E-state index is -0.687. The number of amides is 3. The van der Waals surface area contributed by atoms with Gasteiger partial charge in [0.2, 0.25) is 17.7 Å². The third-order valence-corrected chi connectivity index (χ3v) is 10.7. The number of likely N-dealkylation sites (tertiary alicyclic amines) is 1. The number of anilines is 1. The minimum absolute atomic E-state index is 0.0231. The van der Waals surface area contributed by atoms with Crippen LogP contribution in [0.3, 0.4) is 0 Å². The van der Waals surface area contributed by atoms with E-state index in [-0.39, 0.29) is 54.0 Å². The molecule has 3 amide bonds. The smallest absolute Gasteiger partial charge is 0.237 e. The fraction of sp³-hybridized carbons (Fsp3) is 0.634. The number of hydrogen-bond donors (Lipinski definition) is 4. The third kappa shape index (κ3) is 10.9. The number of ether oxygens (including phenoxy) is 2. The molecule has 0 unspecified atom stereocenters. The van der Waals surface area contributed by atoms with Gasteiger partial charge >= 0.3 is 0 Å². The Kier molecular flexibility index (Phi) is 13.7. The van der Waals surface area contributed by atoms with Crippen LogP contribution in [0.15, 0.2) is 48.5 Å². The summed E-state index contributed by atoms with van der Waals surface area (Å²) in [5.74, 6) is 0.558. The van der Waals surface area contributed by atoms with Crippen molar-refractivity contribution in [2.45, 2.75) is 142 Å². The molecule has 5 rings (SSSR count). The Morgan fingerprint density at radius 3 is 2.41 bits per heavy atom. The lowest BCUT2D eigenvalue weighted by Crippen LogP contribution is -2.61. The molecular formula is C41H60N4O6. The van der Waals surface area contributed by atoms with Crippen molar-refractivity contribution in [1.82, 2.24) is 15.5 Å². The summed E-state index contributed by atoms with van der Waals surface area (Å²) in [6, 6.07) is 15.7. The molecule has 0 aromatic heterocycles. The summed E-state index contributed by atoms with van der Waals surface area (Å²) >= 11 is 0. The fourth-order valence-electron chi connectivity index (χ4n) is 8.10. The van der Waals surface area contributed by atoms with Crippen LogP contribution in [0.4, 0.5) is 5.69 Å². The Balaban J connectivity index is 1.36. The first-order chi connectivity index (χ1) is 24.4. The van der Waals surface area contributed by atoms with Crippen LogP contribution in [0.5, 0.6) is 0 Å². The van der Waals surface area contributed by atoms with E-state index in [0.717, 1.165) is 55.2 Å². The number of nitrogens with zero attached hydrogens (tertiary/aromatic N) is 1. The number of piperidine rings is 1. The van der Waals surface area contributed by atoms with Crippen molar-refractivity contribution < 1.29 is 29.0 Å². The molecule has 2 aliphatic heterocycles. The summed E-state index contributed by atoms with van der Waals surface area (Å²) in [4.78, 5) is 40.2. The lowest BCUT2D eigenvalue weighted by Gasteiger charge is -2.51. The molecule has 10 heteroatoms. The van der Waals surface area contributed by atoms with Crippen molar-refractivity contribution in [3.63, 3.8) is 0 Å². The summed E-state index contributed by atoms with van der Waals surface area (Å²) in [7, 11) is 0. The molecule has 1 saturated carbocycles. The van der Waals surface area contributed by atoms with Crippen molar-refractivity contribution in [2.75, 3.05) is 18.4 Å². The molecule has 1 aliphatic carbocycles. The maximum atomic E-state index is 13.8. The van der Waals surface area contributed by atoms with Crippen molar-refractivity contribution in [1.29, 1.82) is 0 Å². The number of benzene rings is 2. The number of carbonyl (C=O) groups is 3. The van der Waals surface area contributed by atoms with E-state index in [1.54, 1.807) is 0 Å². The molecule has 7 atom stereocenters. The number of fused-ring (bicyclic) bond motifs is 1. The van der Waals surface area contributed by atoms with Crippen molar-refractivity contribution in [3.8, 4) is 0 Å². The first kappa shape index (κ1) is 38.9. The summed E-state index contributed by atoms with van der Waals surface area (Å²) in [5.41, 5.74) is 3.03. The zero-order chi connectivity index (χ0) is 36.5. The lowest BCUT2D eigenvalue weighted by molar-refractivity contribution is -0.278. The van der Waals surface area contributed by atoms with Gasteiger partial charge < -0.3 is 30.5 Å². The van der Waals surface area contributed by atoms with E-state index in [9.17, 15) is 19.5 Å². The average molecular weight is 705 g/mol. The van der Waals surface area contributed by atoms with Crippen LogP contribution in [-0.4, -0.2) is 64.5 Å². The maximum absolute atomic E-state index is 13.8. The van der Waals surface area contributed by atoms with Gasteiger partial charge in [0.15, 0.2) is 6.29 Å². The number of rotatable bonds is 13. The predicted octanol–water partition coefficient (Wildman–Crippen LogP) is 6.54. The molecular weight excluding hydrogens is 644 g/mol. The standard InChI is InChI=1S/C41H60N4O6/c1-27-36(25-45-34-15-9-8-12-30(34)21-22-35(45)39(49)44-41(3,4)5)50-40(51-38(27)31-19-17-29(26-46)18-20-31)32-13-11-14-33(24-32)43-37(48)16-7-6-10-23-42-28(2)47/h11,13-14,17-20,24,27,30,34-36,38,40,46H,6-10,12,15-16,21-23,25-26H2,1-5H3,(H,42,47)(H,43,48)(H,44,49)/t27-,30-,34-,35-,36+,38+,40+/m1/s1. The van der Waals surface area contributed by atoms with E-state index >= 15 is 0 Å². The molecule has 4 N–H and O–H groups in total. The highest BCUT2D eigenvalue weighted by atomic mass is 16.7.